The molecule has 1 aromatic rings. The van der Waals surface area contributed by atoms with E-state index < -0.39 is 6.10 Å². The number of piperidine rings is 1. The van der Waals surface area contributed by atoms with Crippen LogP contribution in [-0.2, 0) is 6.54 Å². The summed E-state index contributed by atoms with van der Waals surface area (Å²) in [6.07, 6.45) is 3.87. The summed E-state index contributed by atoms with van der Waals surface area (Å²) in [5, 5.41) is 19.2. The van der Waals surface area contributed by atoms with Crippen molar-refractivity contribution in [2.45, 2.75) is 38.3 Å². The van der Waals surface area contributed by atoms with E-state index in [0.29, 0.717) is 30.6 Å². The van der Waals surface area contributed by atoms with Crippen LogP contribution in [-0.4, -0.2) is 65.3 Å². The van der Waals surface area contributed by atoms with Crippen LogP contribution >= 0.6 is 0 Å². The second kappa shape index (κ2) is 8.30. The van der Waals surface area contributed by atoms with Gasteiger partial charge in [-0.2, -0.15) is 0 Å². The first-order valence-corrected chi connectivity index (χ1v) is 9.42. The van der Waals surface area contributed by atoms with Gasteiger partial charge in [-0.25, -0.2) is 0 Å². The topological polar surface area (TPSA) is 64.0 Å². The molecule has 25 heavy (non-hydrogen) atoms. The standard InChI is InChI=1S/C20H30N2O3/c1-21(13-19(24)17-6-7-17)20(25)18-4-2-15(3-5-18)12-22-10-8-16(14-23)9-11-22/h2-5,16-17,19,23-24H,6-14H2,1H3. The zero-order chi connectivity index (χ0) is 17.8. The molecule has 1 aromatic carbocycles. The molecule has 1 aliphatic carbocycles. The number of likely N-dealkylation sites (tertiary alicyclic amines) is 1. The van der Waals surface area contributed by atoms with Crippen LogP contribution in [0.1, 0.15) is 41.6 Å². The average molecular weight is 346 g/mol. The zero-order valence-corrected chi connectivity index (χ0v) is 15.1. The summed E-state index contributed by atoms with van der Waals surface area (Å²) in [6.45, 7) is 3.64. The minimum atomic E-state index is -0.393. The van der Waals surface area contributed by atoms with Gasteiger partial charge in [0.2, 0.25) is 0 Å². The van der Waals surface area contributed by atoms with Crippen molar-refractivity contribution in [1.82, 2.24) is 9.80 Å². The Balaban J connectivity index is 1.50. The first-order chi connectivity index (χ1) is 12.1. The molecule has 1 amide bonds. The van der Waals surface area contributed by atoms with Crippen LogP contribution in [0.5, 0.6) is 0 Å². The molecule has 1 heterocycles. The highest BCUT2D eigenvalue weighted by Crippen LogP contribution is 2.32. The molecule has 5 nitrogen and oxygen atoms in total. The molecule has 138 valence electrons. The van der Waals surface area contributed by atoms with Gasteiger partial charge in [0.05, 0.1) is 6.10 Å². The molecule has 2 fully saturated rings. The van der Waals surface area contributed by atoms with Crippen molar-refractivity contribution in [3.8, 4) is 0 Å². The number of hydrogen-bond acceptors (Lipinski definition) is 4. The van der Waals surface area contributed by atoms with Gasteiger partial charge in [-0.3, -0.25) is 9.69 Å². The molecule has 1 unspecified atom stereocenters. The van der Waals surface area contributed by atoms with Crippen LogP contribution in [0.25, 0.3) is 0 Å². The Labute approximate surface area is 150 Å². The molecule has 2 N–H and O–H groups in total. The minimum Gasteiger partial charge on any atom is -0.396 e. The van der Waals surface area contributed by atoms with Gasteiger partial charge in [-0.1, -0.05) is 12.1 Å². The summed E-state index contributed by atoms with van der Waals surface area (Å²) in [6, 6.07) is 7.82. The molecule has 5 heteroatoms. The Morgan fingerprint density at radius 2 is 1.84 bits per heavy atom. The largest absolute Gasteiger partial charge is 0.396 e. The van der Waals surface area contributed by atoms with Crippen molar-refractivity contribution >= 4 is 5.91 Å². The molecule has 0 aromatic heterocycles. The Morgan fingerprint density at radius 1 is 1.20 bits per heavy atom. The van der Waals surface area contributed by atoms with Crippen LogP contribution < -0.4 is 0 Å². The first-order valence-electron chi connectivity index (χ1n) is 9.42. The zero-order valence-electron chi connectivity index (χ0n) is 15.1. The summed E-state index contributed by atoms with van der Waals surface area (Å²) >= 11 is 0. The van der Waals surface area contributed by atoms with Gasteiger partial charge in [0.25, 0.3) is 5.91 Å². The van der Waals surface area contributed by atoms with Gasteiger partial charge in [0, 0.05) is 32.3 Å². The predicted molar refractivity (Wildman–Crippen MR) is 97.2 cm³/mol. The highest BCUT2D eigenvalue weighted by molar-refractivity contribution is 5.94. The van der Waals surface area contributed by atoms with Crippen LogP contribution in [0.2, 0.25) is 0 Å². The lowest BCUT2D eigenvalue weighted by Crippen LogP contribution is -2.35. The monoisotopic (exact) mass is 346 g/mol. The van der Waals surface area contributed by atoms with E-state index in [4.69, 9.17) is 0 Å². The molecule has 0 bridgehead atoms. The summed E-state index contributed by atoms with van der Waals surface area (Å²) < 4.78 is 0. The first kappa shape index (κ1) is 18.4. The smallest absolute Gasteiger partial charge is 0.253 e. The molecule has 0 spiro atoms. The summed E-state index contributed by atoms with van der Waals surface area (Å²) in [5.41, 5.74) is 1.88. The van der Waals surface area contributed by atoms with E-state index >= 15 is 0 Å². The summed E-state index contributed by atoms with van der Waals surface area (Å²) in [7, 11) is 1.76. The fourth-order valence-corrected chi connectivity index (χ4v) is 3.55. The molecule has 3 rings (SSSR count). The Hall–Kier alpha value is -1.43. The number of aliphatic hydroxyl groups excluding tert-OH is 2. The van der Waals surface area contributed by atoms with Crippen LogP contribution in [0.3, 0.4) is 0 Å². The van der Waals surface area contributed by atoms with Crippen molar-refractivity contribution in [2.75, 3.05) is 33.3 Å². The van der Waals surface area contributed by atoms with E-state index in [1.807, 2.05) is 24.3 Å². The van der Waals surface area contributed by atoms with E-state index in [0.717, 1.165) is 45.3 Å². The number of rotatable bonds is 7. The quantitative estimate of drug-likeness (QED) is 0.789. The van der Waals surface area contributed by atoms with Crippen LogP contribution in [0.15, 0.2) is 24.3 Å². The average Bonchev–Trinajstić information content (AvgIpc) is 3.47. The molecule has 1 saturated heterocycles. The lowest BCUT2D eigenvalue weighted by molar-refractivity contribution is 0.0645. The third-order valence-corrected chi connectivity index (χ3v) is 5.55. The van der Waals surface area contributed by atoms with Crippen LogP contribution in [0, 0.1) is 11.8 Å². The van der Waals surface area contributed by atoms with Crippen molar-refractivity contribution in [1.29, 1.82) is 0 Å². The molecule has 2 aliphatic rings. The SMILES string of the molecule is CN(CC(O)C1CC1)C(=O)c1ccc(CN2CCC(CO)CC2)cc1. The molecule has 0 radical (unpaired) electrons. The number of amides is 1. The van der Waals surface area contributed by atoms with E-state index in [1.54, 1.807) is 11.9 Å². The number of carbonyl (C=O) groups is 1. The maximum absolute atomic E-state index is 12.5. The number of hydrogen-bond donors (Lipinski definition) is 2. The minimum absolute atomic E-state index is 0.0324. The van der Waals surface area contributed by atoms with Gasteiger partial charge in [-0.15, -0.1) is 0 Å². The van der Waals surface area contributed by atoms with Gasteiger partial charge >= 0.3 is 0 Å². The third kappa shape index (κ3) is 5.03. The number of carbonyl (C=O) groups excluding carboxylic acids is 1. The van der Waals surface area contributed by atoms with Gasteiger partial charge in [0.1, 0.15) is 0 Å². The predicted octanol–water partition coefficient (Wildman–Crippen LogP) is 1.73. The Morgan fingerprint density at radius 3 is 2.40 bits per heavy atom. The van der Waals surface area contributed by atoms with Crippen molar-refractivity contribution in [2.24, 2.45) is 11.8 Å². The summed E-state index contributed by atoms with van der Waals surface area (Å²) in [5.74, 6) is 0.806. The summed E-state index contributed by atoms with van der Waals surface area (Å²) in [4.78, 5) is 16.5. The maximum Gasteiger partial charge on any atom is 0.253 e. The van der Waals surface area contributed by atoms with Gasteiger partial charge in [-0.05, 0) is 68.3 Å². The molecule has 1 saturated carbocycles. The highest BCUT2D eigenvalue weighted by Gasteiger charge is 2.31. The van der Waals surface area contributed by atoms with E-state index in [-0.39, 0.29) is 5.91 Å². The number of likely N-dealkylation sites (N-methyl/N-ethyl adjacent to an activating group) is 1. The third-order valence-electron chi connectivity index (χ3n) is 5.55. The molecular formula is C20H30N2O3. The second-order valence-corrected chi connectivity index (χ2v) is 7.69. The lowest BCUT2D eigenvalue weighted by atomic mass is 9.97. The van der Waals surface area contributed by atoms with Crippen molar-refractivity contribution in [3.63, 3.8) is 0 Å². The van der Waals surface area contributed by atoms with Crippen molar-refractivity contribution < 1.29 is 15.0 Å². The molecule has 1 atom stereocenters. The highest BCUT2D eigenvalue weighted by atomic mass is 16.3. The lowest BCUT2D eigenvalue weighted by Gasteiger charge is -2.31. The molecular weight excluding hydrogens is 316 g/mol. The Bertz CT molecular complexity index is 563. The van der Waals surface area contributed by atoms with Gasteiger partial charge in [0.15, 0.2) is 0 Å². The number of nitrogens with zero attached hydrogens (tertiary/aromatic N) is 2. The van der Waals surface area contributed by atoms with Crippen LogP contribution in [0.4, 0.5) is 0 Å². The molecule has 1 aliphatic heterocycles. The van der Waals surface area contributed by atoms with Gasteiger partial charge < -0.3 is 15.1 Å². The van der Waals surface area contributed by atoms with Crippen molar-refractivity contribution in [3.05, 3.63) is 35.4 Å². The fourth-order valence-electron chi connectivity index (χ4n) is 3.55. The van der Waals surface area contributed by atoms with E-state index in [2.05, 4.69) is 4.90 Å². The maximum atomic E-state index is 12.5. The number of benzene rings is 1. The Kier molecular flexibility index (Phi) is 6.10. The van der Waals surface area contributed by atoms with E-state index in [9.17, 15) is 15.0 Å². The normalized spacial score (nSPS) is 20.4. The number of aliphatic hydroxyl groups is 2. The van der Waals surface area contributed by atoms with E-state index in [1.165, 1.54) is 5.56 Å². The second-order valence-electron chi connectivity index (χ2n) is 7.69. The fraction of sp³-hybridized carbons (Fsp3) is 0.650.